The average molecular weight is 547 g/mol. The largest absolute Gasteiger partial charge is 0.490 e. The second-order valence-corrected chi connectivity index (χ2v) is 8.82. The molecule has 0 bridgehead atoms. The van der Waals surface area contributed by atoms with Crippen molar-refractivity contribution in [2.75, 3.05) is 31.4 Å². The van der Waals surface area contributed by atoms with Gasteiger partial charge in [0.25, 0.3) is 0 Å². The summed E-state index contributed by atoms with van der Waals surface area (Å²) in [6.45, 7) is 3.13. The third-order valence-corrected chi connectivity index (χ3v) is 5.93. The summed E-state index contributed by atoms with van der Waals surface area (Å²) in [5.41, 5.74) is 2.46. The van der Waals surface area contributed by atoms with Crippen LogP contribution in [0.2, 0.25) is 0 Å². The van der Waals surface area contributed by atoms with Crippen LogP contribution >= 0.6 is 15.9 Å². The molecule has 12 heteroatoms. The molecule has 0 saturated heterocycles. The number of unbranched alkanes of at least 4 members (excludes halogenated alkanes) is 1. The Morgan fingerprint density at radius 2 is 2.00 bits per heavy atom. The summed E-state index contributed by atoms with van der Waals surface area (Å²) >= 11 is 3.49. The van der Waals surface area contributed by atoms with E-state index in [9.17, 15) is 9.59 Å². The van der Waals surface area contributed by atoms with Gasteiger partial charge >= 0.3 is 12.1 Å². The molecule has 2 heterocycles. The van der Waals surface area contributed by atoms with Gasteiger partial charge in [0.1, 0.15) is 16.8 Å². The van der Waals surface area contributed by atoms with E-state index in [1.807, 2.05) is 6.07 Å². The molecule has 186 valence electrons. The zero-order valence-electron chi connectivity index (χ0n) is 19.8. The smallest absolute Gasteiger partial charge is 0.413 e. The molecule has 0 radical (unpaired) electrons. The summed E-state index contributed by atoms with van der Waals surface area (Å²) < 4.78 is 17.9. The van der Waals surface area contributed by atoms with E-state index >= 15 is 0 Å². The van der Waals surface area contributed by atoms with Gasteiger partial charge in [-0.3, -0.25) is 10.00 Å². The highest BCUT2D eigenvalue weighted by Crippen LogP contribution is 2.33. The van der Waals surface area contributed by atoms with Crippen molar-refractivity contribution in [1.82, 2.24) is 19.7 Å². The fraction of sp³-hybridized carbons (Fsp3) is 0.435. The lowest BCUT2D eigenvalue weighted by Crippen LogP contribution is -2.15. The van der Waals surface area contributed by atoms with Gasteiger partial charge in [0.05, 0.1) is 32.4 Å². The minimum Gasteiger partial charge on any atom is -0.490 e. The summed E-state index contributed by atoms with van der Waals surface area (Å²) in [5, 5.41) is 10.5. The molecule has 0 atom stereocenters. The molecular weight excluding hydrogens is 520 g/mol. The quantitative estimate of drug-likeness (QED) is 0.281. The highest BCUT2D eigenvalue weighted by molar-refractivity contribution is 9.10. The van der Waals surface area contributed by atoms with Crippen molar-refractivity contribution < 1.29 is 23.8 Å². The molecule has 0 spiro atoms. The van der Waals surface area contributed by atoms with E-state index in [-0.39, 0.29) is 12.1 Å². The first-order valence-corrected chi connectivity index (χ1v) is 12.1. The molecule has 2 aromatic heterocycles. The van der Waals surface area contributed by atoms with Crippen LogP contribution in [0.5, 0.6) is 5.75 Å². The van der Waals surface area contributed by atoms with Crippen LogP contribution in [0.4, 0.5) is 16.6 Å². The van der Waals surface area contributed by atoms with E-state index in [2.05, 4.69) is 53.3 Å². The predicted molar refractivity (Wildman–Crippen MR) is 133 cm³/mol. The van der Waals surface area contributed by atoms with Crippen molar-refractivity contribution in [3.63, 3.8) is 0 Å². The molecule has 1 amide bonds. The van der Waals surface area contributed by atoms with Crippen LogP contribution in [0.3, 0.4) is 0 Å². The van der Waals surface area contributed by atoms with Crippen LogP contribution in [0.15, 0.2) is 22.8 Å². The number of benzene rings is 1. The first-order chi connectivity index (χ1) is 16.9. The number of nitrogens with one attached hydrogen (secondary N) is 2. The van der Waals surface area contributed by atoms with Gasteiger partial charge in [-0.05, 0) is 47.3 Å². The Bertz CT molecular complexity index is 1240. The fourth-order valence-electron chi connectivity index (χ4n) is 3.43. The number of rotatable bonds is 10. The van der Waals surface area contributed by atoms with Crippen molar-refractivity contribution in [3.05, 3.63) is 33.9 Å². The van der Waals surface area contributed by atoms with E-state index in [1.54, 1.807) is 16.8 Å². The van der Waals surface area contributed by atoms with Crippen molar-refractivity contribution in [1.29, 1.82) is 0 Å². The second-order valence-electron chi connectivity index (χ2n) is 8.07. The van der Waals surface area contributed by atoms with Gasteiger partial charge in [-0.2, -0.15) is 10.1 Å². The first kappa shape index (κ1) is 24.7. The molecule has 0 unspecified atom stereocenters. The number of nitrogens with zero attached hydrogens (tertiary/aromatic N) is 4. The van der Waals surface area contributed by atoms with Crippen molar-refractivity contribution >= 4 is 50.8 Å². The third-order valence-electron chi connectivity index (χ3n) is 5.39. The minimum absolute atomic E-state index is 0.101. The normalized spacial score (nSPS) is 12.9. The number of hydrogen-bond acceptors (Lipinski definition) is 9. The van der Waals surface area contributed by atoms with E-state index in [1.165, 1.54) is 14.2 Å². The lowest BCUT2D eigenvalue weighted by molar-refractivity contribution is 0.0600. The number of aromatic nitrogens is 4. The topological polar surface area (TPSA) is 129 Å². The molecule has 1 aliphatic rings. The van der Waals surface area contributed by atoms with E-state index in [4.69, 9.17) is 9.47 Å². The number of carbonyl (C=O) groups excluding carboxylic acids is 2. The summed E-state index contributed by atoms with van der Waals surface area (Å²) in [4.78, 5) is 32.7. The number of ether oxygens (including phenoxy) is 3. The maximum Gasteiger partial charge on any atom is 0.413 e. The number of hydrogen-bond donors (Lipinski definition) is 2. The number of methoxy groups -OCH3 is 2. The Morgan fingerprint density at radius 3 is 2.69 bits per heavy atom. The molecule has 11 nitrogen and oxygen atoms in total. The predicted octanol–water partition coefficient (Wildman–Crippen LogP) is 4.36. The second kappa shape index (κ2) is 10.9. The molecule has 0 aliphatic heterocycles. The Morgan fingerprint density at radius 1 is 1.20 bits per heavy atom. The van der Waals surface area contributed by atoms with E-state index < -0.39 is 12.1 Å². The third kappa shape index (κ3) is 5.81. The number of halogens is 1. The van der Waals surface area contributed by atoms with Gasteiger partial charge in [0.2, 0.25) is 5.95 Å². The Balaban J connectivity index is 1.74. The van der Waals surface area contributed by atoms with E-state index in [0.29, 0.717) is 45.9 Å². The van der Waals surface area contributed by atoms with Crippen molar-refractivity contribution in [2.24, 2.45) is 0 Å². The van der Waals surface area contributed by atoms with Gasteiger partial charge in [-0.15, -0.1) is 0 Å². The molecular formula is C23H27BrN6O5. The maximum atomic E-state index is 12.0. The molecule has 2 N–H and O–H groups in total. The molecule has 1 aliphatic carbocycles. The molecule has 1 saturated carbocycles. The molecule has 3 aromatic rings. The Kier molecular flexibility index (Phi) is 7.69. The maximum absolute atomic E-state index is 12.0. The van der Waals surface area contributed by atoms with Crippen molar-refractivity contribution in [3.8, 4) is 5.75 Å². The highest BCUT2D eigenvalue weighted by atomic mass is 79.9. The van der Waals surface area contributed by atoms with Gasteiger partial charge in [-0.25, -0.2) is 14.6 Å². The SMILES string of the molecule is CCCCNc1nc(NC(=O)OC)nc2c(Br)nn(Cc3ccc(C(=O)OC)cc3OC3CC3)c12. The lowest BCUT2D eigenvalue weighted by Gasteiger charge is -2.14. The molecule has 4 rings (SSSR count). The summed E-state index contributed by atoms with van der Waals surface area (Å²) in [5.74, 6) is 0.819. The Labute approximate surface area is 210 Å². The van der Waals surface area contributed by atoms with Crippen LogP contribution in [-0.4, -0.2) is 58.7 Å². The van der Waals surface area contributed by atoms with Crippen molar-refractivity contribution in [2.45, 2.75) is 45.3 Å². The number of esters is 1. The fourth-order valence-corrected chi connectivity index (χ4v) is 3.90. The minimum atomic E-state index is -0.667. The van der Waals surface area contributed by atoms with Gasteiger partial charge in [0, 0.05) is 12.1 Å². The van der Waals surface area contributed by atoms with Gasteiger partial charge in [-0.1, -0.05) is 19.4 Å². The van der Waals surface area contributed by atoms with Crippen LogP contribution in [0, 0.1) is 0 Å². The lowest BCUT2D eigenvalue weighted by atomic mass is 10.1. The van der Waals surface area contributed by atoms with Crippen LogP contribution < -0.4 is 15.4 Å². The number of amides is 1. The number of anilines is 2. The first-order valence-electron chi connectivity index (χ1n) is 11.3. The molecule has 1 aromatic carbocycles. The monoisotopic (exact) mass is 546 g/mol. The van der Waals surface area contributed by atoms with Crippen LogP contribution in [0.1, 0.15) is 48.5 Å². The van der Waals surface area contributed by atoms with E-state index in [0.717, 1.165) is 31.2 Å². The zero-order chi connectivity index (χ0) is 24.9. The number of carbonyl (C=O) groups is 2. The van der Waals surface area contributed by atoms with Crippen LogP contribution in [-0.2, 0) is 16.0 Å². The highest BCUT2D eigenvalue weighted by Gasteiger charge is 2.26. The molecule has 35 heavy (non-hydrogen) atoms. The Hall–Kier alpha value is -3.41. The van der Waals surface area contributed by atoms with Gasteiger partial charge < -0.3 is 19.5 Å². The summed E-state index contributed by atoms with van der Waals surface area (Å²) in [7, 11) is 2.62. The summed E-state index contributed by atoms with van der Waals surface area (Å²) in [6.07, 6.45) is 3.38. The molecule has 1 fully saturated rings. The standard InChI is InChI=1S/C23H27BrN6O5/c1-4-5-10-25-20-18-17(26-22(27-20)28-23(32)34-3)19(24)29-30(18)12-14-7-6-13(21(31)33-2)11-16(14)35-15-8-9-15/h6-7,11,15H,4-5,8-10,12H2,1-3H3,(H2,25,26,27,28,32). The zero-order valence-corrected chi connectivity index (χ0v) is 21.3. The van der Waals surface area contributed by atoms with Gasteiger partial charge in [0.15, 0.2) is 10.4 Å². The number of fused-ring (bicyclic) bond motifs is 1. The van der Waals surface area contributed by atoms with Crippen LogP contribution in [0.25, 0.3) is 11.0 Å². The average Bonchev–Trinajstić information content (AvgIpc) is 3.62. The summed E-state index contributed by atoms with van der Waals surface area (Å²) in [6, 6.07) is 5.25.